The SMILES string of the molecule is CN=C(NCCc1cccs1)NCC(=O)NCCOC. The Bertz CT molecular complexity index is 407. The highest BCUT2D eigenvalue weighted by Gasteiger charge is 2.03. The van der Waals surface area contributed by atoms with Crippen molar-refractivity contribution in [1.82, 2.24) is 16.0 Å². The van der Waals surface area contributed by atoms with Crippen molar-refractivity contribution in [3.8, 4) is 0 Å². The van der Waals surface area contributed by atoms with E-state index < -0.39 is 0 Å². The number of hydrogen-bond donors (Lipinski definition) is 3. The number of hydrogen-bond acceptors (Lipinski definition) is 4. The Labute approximate surface area is 123 Å². The van der Waals surface area contributed by atoms with Gasteiger partial charge in [-0.3, -0.25) is 9.79 Å². The first-order chi connectivity index (χ1) is 9.76. The largest absolute Gasteiger partial charge is 0.383 e. The zero-order valence-electron chi connectivity index (χ0n) is 11.9. The molecule has 0 unspecified atom stereocenters. The average molecular weight is 298 g/mol. The van der Waals surface area contributed by atoms with Crippen molar-refractivity contribution in [2.24, 2.45) is 4.99 Å². The second kappa shape index (κ2) is 10.2. The molecule has 0 spiro atoms. The van der Waals surface area contributed by atoms with Gasteiger partial charge in [0, 0.05) is 32.1 Å². The van der Waals surface area contributed by atoms with E-state index in [1.165, 1.54) is 4.88 Å². The minimum Gasteiger partial charge on any atom is -0.383 e. The first-order valence-corrected chi connectivity index (χ1v) is 7.36. The summed E-state index contributed by atoms with van der Waals surface area (Å²) in [5, 5.41) is 10.9. The van der Waals surface area contributed by atoms with Gasteiger partial charge in [-0.15, -0.1) is 11.3 Å². The van der Waals surface area contributed by atoms with E-state index in [2.05, 4.69) is 32.4 Å². The fraction of sp³-hybridized carbons (Fsp3) is 0.538. The Kier molecular flexibility index (Phi) is 8.41. The van der Waals surface area contributed by atoms with Crippen LogP contribution < -0.4 is 16.0 Å². The fourth-order valence-electron chi connectivity index (χ4n) is 1.50. The Balaban J connectivity index is 2.14. The molecule has 0 radical (unpaired) electrons. The molecule has 0 atom stereocenters. The summed E-state index contributed by atoms with van der Waals surface area (Å²) in [5.41, 5.74) is 0. The first-order valence-electron chi connectivity index (χ1n) is 6.48. The molecule has 0 aliphatic heterocycles. The Morgan fingerprint density at radius 1 is 1.35 bits per heavy atom. The summed E-state index contributed by atoms with van der Waals surface area (Å²) in [6, 6.07) is 4.14. The van der Waals surface area contributed by atoms with Crippen LogP contribution in [0.5, 0.6) is 0 Å². The van der Waals surface area contributed by atoms with Crippen LogP contribution in [0.3, 0.4) is 0 Å². The molecule has 1 aromatic heterocycles. The molecule has 7 heteroatoms. The van der Waals surface area contributed by atoms with Crippen LogP contribution in [0.1, 0.15) is 4.88 Å². The van der Waals surface area contributed by atoms with Crippen LogP contribution in [-0.2, 0) is 16.0 Å². The summed E-state index contributed by atoms with van der Waals surface area (Å²) in [5.74, 6) is 0.548. The smallest absolute Gasteiger partial charge is 0.239 e. The summed E-state index contributed by atoms with van der Waals surface area (Å²) in [6.45, 7) is 2.01. The van der Waals surface area contributed by atoms with E-state index >= 15 is 0 Å². The van der Waals surface area contributed by atoms with Crippen LogP contribution in [-0.4, -0.2) is 52.3 Å². The molecular formula is C13H22N4O2S. The molecule has 1 rings (SSSR count). The summed E-state index contributed by atoms with van der Waals surface area (Å²) >= 11 is 1.74. The number of amides is 1. The van der Waals surface area contributed by atoms with Gasteiger partial charge in [0.25, 0.3) is 0 Å². The van der Waals surface area contributed by atoms with Gasteiger partial charge in [0.15, 0.2) is 5.96 Å². The fourth-order valence-corrected chi connectivity index (χ4v) is 2.21. The summed E-state index contributed by atoms with van der Waals surface area (Å²) in [6.07, 6.45) is 0.943. The van der Waals surface area contributed by atoms with Gasteiger partial charge in [-0.1, -0.05) is 6.07 Å². The number of rotatable bonds is 8. The standard InChI is InChI=1S/C13H22N4O2S/c1-14-13(16-6-5-11-4-3-9-20-11)17-10-12(18)15-7-8-19-2/h3-4,9H,5-8,10H2,1-2H3,(H,15,18)(H2,14,16,17). The molecule has 1 aromatic rings. The maximum Gasteiger partial charge on any atom is 0.239 e. The van der Waals surface area contributed by atoms with E-state index in [0.29, 0.717) is 19.1 Å². The molecule has 112 valence electrons. The van der Waals surface area contributed by atoms with E-state index in [0.717, 1.165) is 13.0 Å². The Hall–Kier alpha value is -1.60. The summed E-state index contributed by atoms with van der Waals surface area (Å²) < 4.78 is 4.86. The van der Waals surface area contributed by atoms with Gasteiger partial charge in [0.2, 0.25) is 5.91 Å². The monoisotopic (exact) mass is 298 g/mol. The van der Waals surface area contributed by atoms with Gasteiger partial charge in [0.05, 0.1) is 13.2 Å². The third-order valence-electron chi connectivity index (χ3n) is 2.51. The number of aliphatic imine (C=N–C) groups is 1. The van der Waals surface area contributed by atoms with E-state index in [1.54, 1.807) is 25.5 Å². The lowest BCUT2D eigenvalue weighted by molar-refractivity contribution is -0.120. The molecule has 1 amide bonds. The highest BCUT2D eigenvalue weighted by Crippen LogP contribution is 2.07. The van der Waals surface area contributed by atoms with Crippen molar-refractivity contribution >= 4 is 23.2 Å². The van der Waals surface area contributed by atoms with E-state index in [9.17, 15) is 4.79 Å². The molecule has 0 fully saturated rings. The highest BCUT2D eigenvalue weighted by atomic mass is 32.1. The number of carbonyl (C=O) groups is 1. The molecule has 6 nitrogen and oxygen atoms in total. The van der Waals surface area contributed by atoms with Gasteiger partial charge in [-0.2, -0.15) is 0 Å². The number of methoxy groups -OCH3 is 1. The second-order valence-electron chi connectivity index (χ2n) is 4.02. The topological polar surface area (TPSA) is 74.8 Å². The zero-order chi connectivity index (χ0) is 14.6. The lowest BCUT2D eigenvalue weighted by Gasteiger charge is -2.11. The zero-order valence-corrected chi connectivity index (χ0v) is 12.8. The molecular weight excluding hydrogens is 276 g/mol. The summed E-state index contributed by atoms with van der Waals surface area (Å²) in [7, 11) is 3.28. The maximum atomic E-state index is 11.5. The average Bonchev–Trinajstić information content (AvgIpc) is 2.96. The maximum absolute atomic E-state index is 11.5. The summed E-state index contributed by atoms with van der Waals surface area (Å²) in [4.78, 5) is 16.9. The predicted molar refractivity (Wildman–Crippen MR) is 82.3 cm³/mol. The molecule has 0 aliphatic carbocycles. The minimum atomic E-state index is -0.0803. The number of guanidine groups is 1. The van der Waals surface area contributed by atoms with Crippen molar-refractivity contribution in [3.05, 3.63) is 22.4 Å². The van der Waals surface area contributed by atoms with E-state index in [1.807, 2.05) is 6.07 Å². The van der Waals surface area contributed by atoms with Gasteiger partial charge in [-0.25, -0.2) is 0 Å². The normalized spacial score (nSPS) is 11.2. The van der Waals surface area contributed by atoms with Gasteiger partial charge in [-0.05, 0) is 17.9 Å². The predicted octanol–water partition coefficient (Wildman–Crippen LogP) is 0.218. The number of nitrogens with zero attached hydrogens (tertiary/aromatic N) is 1. The number of ether oxygens (including phenoxy) is 1. The van der Waals surface area contributed by atoms with Crippen LogP contribution in [0.25, 0.3) is 0 Å². The van der Waals surface area contributed by atoms with Crippen LogP contribution in [0.4, 0.5) is 0 Å². The van der Waals surface area contributed by atoms with Crippen LogP contribution >= 0.6 is 11.3 Å². The van der Waals surface area contributed by atoms with Crippen LogP contribution in [0.2, 0.25) is 0 Å². The number of nitrogens with one attached hydrogen (secondary N) is 3. The number of carbonyl (C=O) groups excluding carboxylic acids is 1. The van der Waals surface area contributed by atoms with Crippen LogP contribution in [0, 0.1) is 0 Å². The molecule has 20 heavy (non-hydrogen) atoms. The first kappa shape index (κ1) is 16.5. The highest BCUT2D eigenvalue weighted by molar-refractivity contribution is 7.09. The van der Waals surface area contributed by atoms with E-state index in [-0.39, 0.29) is 12.5 Å². The third-order valence-corrected chi connectivity index (χ3v) is 3.45. The van der Waals surface area contributed by atoms with Gasteiger partial charge in [0.1, 0.15) is 0 Å². The quantitative estimate of drug-likeness (QED) is 0.365. The van der Waals surface area contributed by atoms with E-state index in [4.69, 9.17) is 4.74 Å². The van der Waals surface area contributed by atoms with Gasteiger partial charge < -0.3 is 20.7 Å². The third kappa shape index (κ3) is 7.10. The lowest BCUT2D eigenvalue weighted by Crippen LogP contribution is -2.44. The molecule has 0 bridgehead atoms. The van der Waals surface area contributed by atoms with Crippen molar-refractivity contribution in [2.45, 2.75) is 6.42 Å². The van der Waals surface area contributed by atoms with Crippen molar-refractivity contribution in [1.29, 1.82) is 0 Å². The van der Waals surface area contributed by atoms with Crippen molar-refractivity contribution < 1.29 is 9.53 Å². The van der Waals surface area contributed by atoms with Gasteiger partial charge >= 0.3 is 0 Å². The number of thiophene rings is 1. The second-order valence-corrected chi connectivity index (χ2v) is 5.06. The van der Waals surface area contributed by atoms with Crippen LogP contribution in [0.15, 0.2) is 22.5 Å². The molecule has 0 aliphatic rings. The Morgan fingerprint density at radius 2 is 2.20 bits per heavy atom. The molecule has 0 saturated heterocycles. The molecule has 0 aromatic carbocycles. The van der Waals surface area contributed by atoms with Crippen molar-refractivity contribution in [2.75, 3.05) is 40.4 Å². The Morgan fingerprint density at radius 3 is 2.85 bits per heavy atom. The van der Waals surface area contributed by atoms with Crippen molar-refractivity contribution in [3.63, 3.8) is 0 Å². The molecule has 0 saturated carbocycles. The lowest BCUT2D eigenvalue weighted by atomic mass is 10.3. The minimum absolute atomic E-state index is 0.0803. The molecule has 1 heterocycles. The molecule has 3 N–H and O–H groups in total.